The Kier molecular flexibility index (Phi) is 4.96. The third-order valence-electron chi connectivity index (χ3n) is 3.48. The van der Waals surface area contributed by atoms with Crippen molar-refractivity contribution in [3.63, 3.8) is 0 Å². The Hall–Kier alpha value is -1.61. The maximum absolute atomic E-state index is 4.59. The first-order valence-electron chi connectivity index (χ1n) is 7.50. The van der Waals surface area contributed by atoms with Crippen LogP contribution < -0.4 is 5.32 Å². The van der Waals surface area contributed by atoms with Gasteiger partial charge in [0.15, 0.2) is 0 Å². The van der Waals surface area contributed by atoms with Gasteiger partial charge in [-0.15, -0.1) is 0 Å². The second-order valence-electron chi connectivity index (χ2n) is 5.40. The van der Waals surface area contributed by atoms with Crippen molar-refractivity contribution in [3.05, 3.63) is 46.8 Å². The molecule has 0 saturated carbocycles. The Labute approximate surface area is 122 Å². The van der Waals surface area contributed by atoms with Crippen molar-refractivity contribution in [1.29, 1.82) is 0 Å². The summed E-state index contributed by atoms with van der Waals surface area (Å²) in [7, 11) is 0. The summed E-state index contributed by atoms with van der Waals surface area (Å²) in [5.41, 5.74) is 6.34. The van der Waals surface area contributed by atoms with Crippen molar-refractivity contribution in [2.24, 2.45) is 0 Å². The van der Waals surface area contributed by atoms with Gasteiger partial charge in [-0.25, -0.2) is 4.68 Å². The molecule has 1 aromatic heterocycles. The van der Waals surface area contributed by atoms with Crippen molar-refractivity contribution in [2.75, 3.05) is 6.54 Å². The molecule has 20 heavy (non-hydrogen) atoms. The molecule has 0 aliphatic heterocycles. The highest BCUT2D eigenvalue weighted by molar-refractivity contribution is 5.41. The highest BCUT2D eigenvalue weighted by atomic mass is 15.3. The van der Waals surface area contributed by atoms with E-state index in [4.69, 9.17) is 0 Å². The van der Waals surface area contributed by atoms with Crippen LogP contribution in [0.25, 0.3) is 5.69 Å². The molecular weight excluding hydrogens is 246 g/mol. The molecule has 0 spiro atoms. The molecule has 0 bridgehead atoms. The number of nitrogens with zero attached hydrogens (tertiary/aromatic N) is 2. The van der Waals surface area contributed by atoms with Crippen LogP contribution in [0.2, 0.25) is 0 Å². The van der Waals surface area contributed by atoms with Gasteiger partial charge in [0, 0.05) is 17.8 Å². The van der Waals surface area contributed by atoms with E-state index in [2.05, 4.69) is 61.0 Å². The summed E-state index contributed by atoms with van der Waals surface area (Å²) in [6, 6.07) is 6.59. The Balaban J connectivity index is 2.32. The second-order valence-corrected chi connectivity index (χ2v) is 5.40. The first-order chi connectivity index (χ1) is 9.65. The summed E-state index contributed by atoms with van der Waals surface area (Å²) >= 11 is 0. The molecule has 3 nitrogen and oxygen atoms in total. The molecular formula is C17H25N3. The third kappa shape index (κ3) is 3.28. The predicted molar refractivity (Wildman–Crippen MR) is 84.4 cm³/mol. The maximum Gasteiger partial charge on any atom is 0.0654 e. The number of aromatic nitrogens is 2. The summed E-state index contributed by atoms with van der Waals surface area (Å²) in [4.78, 5) is 0. The van der Waals surface area contributed by atoms with Crippen LogP contribution in [0.3, 0.4) is 0 Å². The lowest BCUT2D eigenvalue weighted by atomic mass is 10.1. The summed E-state index contributed by atoms with van der Waals surface area (Å²) in [5.74, 6) is 0. The zero-order valence-electron chi connectivity index (χ0n) is 13.0. The van der Waals surface area contributed by atoms with Crippen LogP contribution >= 0.6 is 0 Å². The average Bonchev–Trinajstić information content (AvgIpc) is 2.81. The lowest BCUT2D eigenvalue weighted by Gasteiger charge is -2.10. The molecule has 0 radical (unpaired) electrons. The monoisotopic (exact) mass is 271 g/mol. The van der Waals surface area contributed by atoms with Gasteiger partial charge in [0.1, 0.15) is 0 Å². The van der Waals surface area contributed by atoms with E-state index < -0.39 is 0 Å². The minimum Gasteiger partial charge on any atom is -0.313 e. The van der Waals surface area contributed by atoms with Crippen molar-refractivity contribution >= 4 is 0 Å². The van der Waals surface area contributed by atoms with Gasteiger partial charge in [-0.1, -0.05) is 19.9 Å². The van der Waals surface area contributed by atoms with E-state index >= 15 is 0 Å². The normalized spacial score (nSPS) is 11.0. The van der Waals surface area contributed by atoms with Crippen molar-refractivity contribution in [3.8, 4) is 5.69 Å². The van der Waals surface area contributed by atoms with Crippen LogP contribution in [-0.4, -0.2) is 16.3 Å². The zero-order valence-corrected chi connectivity index (χ0v) is 13.0. The van der Waals surface area contributed by atoms with E-state index in [0.29, 0.717) is 0 Å². The first-order valence-corrected chi connectivity index (χ1v) is 7.50. The molecule has 0 unspecified atom stereocenters. The molecule has 1 N–H and O–H groups in total. The van der Waals surface area contributed by atoms with Crippen LogP contribution in [0.15, 0.2) is 24.4 Å². The topological polar surface area (TPSA) is 29.9 Å². The summed E-state index contributed by atoms with van der Waals surface area (Å²) in [6.07, 6.45) is 4.15. The van der Waals surface area contributed by atoms with Crippen LogP contribution in [0.5, 0.6) is 0 Å². The van der Waals surface area contributed by atoms with E-state index in [-0.39, 0.29) is 0 Å². The molecule has 0 atom stereocenters. The number of hydrogen-bond donors (Lipinski definition) is 1. The molecule has 2 rings (SSSR count). The SMILES string of the molecule is CCCNCc1cnn(-c2cc(C)cc(C)c2)c1CC. The zero-order chi connectivity index (χ0) is 14.5. The third-order valence-corrected chi connectivity index (χ3v) is 3.48. The number of rotatable bonds is 6. The molecule has 3 heteroatoms. The van der Waals surface area contributed by atoms with Gasteiger partial charge in [-0.05, 0) is 56.5 Å². The molecule has 108 valence electrons. The number of nitrogens with one attached hydrogen (secondary N) is 1. The minimum atomic E-state index is 0.905. The average molecular weight is 271 g/mol. The Morgan fingerprint density at radius 2 is 1.80 bits per heavy atom. The lowest BCUT2D eigenvalue weighted by molar-refractivity contribution is 0.669. The number of aryl methyl sites for hydroxylation is 2. The number of benzene rings is 1. The standard InChI is InChI=1S/C17H25N3/c1-5-7-18-11-15-12-19-20(17(15)6-2)16-9-13(3)8-14(4)10-16/h8-10,12,18H,5-7,11H2,1-4H3. The van der Waals surface area contributed by atoms with Crippen molar-refractivity contribution < 1.29 is 0 Å². The van der Waals surface area contributed by atoms with Gasteiger partial charge >= 0.3 is 0 Å². The van der Waals surface area contributed by atoms with Gasteiger partial charge in [0.2, 0.25) is 0 Å². The highest BCUT2D eigenvalue weighted by Crippen LogP contribution is 2.18. The largest absolute Gasteiger partial charge is 0.313 e. The van der Waals surface area contributed by atoms with E-state index in [1.807, 2.05) is 6.20 Å². The highest BCUT2D eigenvalue weighted by Gasteiger charge is 2.10. The Morgan fingerprint density at radius 3 is 2.40 bits per heavy atom. The molecule has 0 aliphatic rings. The van der Waals surface area contributed by atoms with Gasteiger partial charge in [0.05, 0.1) is 11.9 Å². The minimum absolute atomic E-state index is 0.905. The Bertz CT molecular complexity index is 549. The van der Waals surface area contributed by atoms with Gasteiger partial charge in [-0.2, -0.15) is 5.10 Å². The molecule has 2 aromatic rings. The van der Waals surface area contributed by atoms with Crippen LogP contribution in [0.4, 0.5) is 0 Å². The predicted octanol–water partition coefficient (Wildman–Crippen LogP) is 3.55. The molecule has 0 aliphatic carbocycles. The van der Waals surface area contributed by atoms with Gasteiger partial charge in [0.25, 0.3) is 0 Å². The fraction of sp³-hybridized carbons (Fsp3) is 0.471. The molecule has 0 amide bonds. The summed E-state index contributed by atoms with van der Waals surface area (Å²) < 4.78 is 2.09. The van der Waals surface area contributed by atoms with Crippen LogP contribution in [0, 0.1) is 13.8 Å². The smallest absolute Gasteiger partial charge is 0.0654 e. The fourth-order valence-electron chi connectivity index (χ4n) is 2.63. The fourth-order valence-corrected chi connectivity index (χ4v) is 2.63. The van der Waals surface area contributed by atoms with Gasteiger partial charge < -0.3 is 5.32 Å². The van der Waals surface area contributed by atoms with Crippen molar-refractivity contribution in [1.82, 2.24) is 15.1 Å². The van der Waals surface area contributed by atoms with Gasteiger partial charge in [-0.3, -0.25) is 0 Å². The Morgan fingerprint density at radius 1 is 1.10 bits per heavy atom. The number of hydrogen-bond acceptors (Lipinski definition) is 2. The lowest BCUT2D eigenvalue weighted by Crippen LogP contribution is -2.15. The second kappa shape index (κ2) is 6.71. The maximum atomic E-state index is 4.59. The van der Waals surface area contributed by atoms with E-state index in [1.165, 1.54) is 28.1 Å². The molecule has 0 fully saturated rings. The van der Waals surface area contributed by atoms with E-state index in [9.17, 15) is 0 Å². The van der Waals surface area contributed by atoms with Crippen molar-refractivity contribution in [2.45, 2.75) is 47.1 Å². The molecule has 1 aromatic carbocycles. The molecule has 0 saturated heterocycles. The van der Waals surface area contributed by atoms with Crippen LogP contribution in [-0.2, 0) is 13.0 Å². The first kappa shape index (κ1) is 14.8. The molecule has 1 heterocycles. The quantitative estimate of drug-likeness (QED) is 0.814. The summed E-state index contributed by atoms with van der Waals surface area (Å²) in [6.45, 7) is 10.6. The van der Waals surface area contributed by atoms with E-state index in [1.54, 1.807) is 0 Å². The van der Waals surface area contributed by atoms with Crippen LogP contribution in [0.1, 0.15) is 42.7 Å². The summed E-state index contributed by atoms with van der Waals surface area (Å²) in [5, 5.41) is 8.06. The van der Waals surface area contributed by atoms with E-state index in [0.717, 1.165) is 25.9 Å².